The van der Waals surface area contributed by atoms with E-state index in [-0.39, 0.29) is 38.5 Å². The molecule has 2 aromatic rings. The number of ether oxygens (including phenoxy) is 2. The Bertz CT molecular complexity index is 1200. The second-order valence-corrected chi connectivity index (χ2v) is 11.2. The first-order valence-corrected chi connectivity index (χ1v) is 15.1. The molecule has 0 aromatic heterocycles. The molecule has 0 radical (unpaired) electrons. The van der Waals surface area contributed by atoms with Crippen LogP contribution in [0.3, 0.4) is 0 Å². The average molecular weight is 584 g/mol. The van der Waals surface area contributed by atoms with E-state index in [1.54, 1.807) is 0 Å². The molecule has 0 aliphatic carbocycles. The van der Waals surface area contributed by atoms with Crippen LogP contribution in [0.4, 0.5) is 0 Å². The average Bonchev–Trinajstić information content (AvgIpc) is 3.62. The maximum atomic E-state index is 13.6. The van der Waals surface area contributed by atoms with Crippen LogP contribution in [0.1, 0.15) is 67.2 Å². The number of hydrogen-bond acceptors (Lipinski definition) is 8. The molecule has 1 amide bonds. The molecule has 0 spiro atoms. The molecule has 230 valence electrons. The predicted octanol–water partition coefficient (Wildman–Crippen LogP) is 2.87. The molecule has 5 N–H and O–H groups in total. The van der Waals surface area contributed by atoms with Crippen LogP contribution in [-0.2, 0) is 29.2 Å². The van der Waals surface area contributed by atoms with Crippen molar-refractivity contribution >= 4 is 11.9 Å². The molecule has 3 atom stereocenters. The van der Waals surface area contributed by atoms with Crippen molar-refractivity contribution in [3.8, 4) is 11.5 Å². The van der Waals surface area contributed by atoms with E-state index in [0.29, 0.717) is 68.9 Å². The summed E-state index contributed by atoms with van der Waals surface area (Å²) < 4.78 is 11.1. The molecule has 2 aliphatic heterocycles. The highest BCUT2D eigenvalue weighted by Crippen LogP contribution is 2.44. The number of carboxylic acid groups (broad SMARTS) is 1. The molecule has 2 heterocycles. The van der Waals surface area contributed by atoms with Crippen molar-refractivity contribution in [2.75, 3.05) is 39.5 Å². The molecular formula is C32H45N3O7. The van der Waals surface area contributed by atoms with E-state index >= 15 is 0 Å². The number of hydrogen-bond donors (Lipinski definition) is 4. The minimum absolute atomic E-state index is 0.0148. The van der Waals surface area contributed by atoms with Gasteiger partial charge in [-0.1, -0.05) is 37.6 Å². The molecule has 2 aliphatic rings. The number of aliphatic hydroxyl groups is 2. The van der Waals surface area contributed by atoms with Crippen molar-refractivity contribution < 1.29 is 34.4 Å². The topological polar surface area (TPSA) is 146 Å². The Morgan fingerprint density at radius 2 is 1.76 bits per heavy atom. The lowest BCUT2D eigenvalue weighted by Crippen LogP contribution is -2.45. The number of unbranched alkanes of at least 4 members (excludes halogenated alkanes) is 1. The number of carbonyl (C=O) groups excluding carboxylic acids is 1. The third-order valence-corrected chi connectivity index (χ3v) is 8.54. The molecular weight excluding hydrogens is 538 g/mol. The van der Waals surface area contributed by atoms with Crippen LogP contribution in [0.5, 0.6) is 11.5 Å². The zero-order chi connectivity index (χ0) is 30.1. The van der Waals surface area contributed by atoms with E-state index in [4.69, 9.17) is 15.2 Å². The van der Waals surface area contributed by atoms with Crippen LogP contribution in [-0.4, -0.2) is 82.6 Å². The lowest BCUT2D eigenvalue weighted by molar-refractivity contribution is -0.143. The predicted molar refractivity (Wildman–Crippen MR) is 158 cm³/mol. The summed E-state index contributed by atoms with van der Waals surface area (Å²) in [7, 11) is 0. The summed E-state index contributed by atoms with van der Waals surface area (Å²) in [6.07, 6.45) is 4.56. The number of fused-ring (bicyclic) bond motifs is 1. The Labute approximate surface area is 248 Å². The van der Waals surface area contributed by atoms with Crippen molar-refractivity contribution in [2.45, 2.75) is 70.6 Å². The highest BCUT2D eigenvalue weighted by atomic mass is 16.7. The molecule has 1 fully saturated rings. The van der Waals surface area contributed by atoms with Gasteiger partial charge in [0.05, 0.1) is 25.7 Å². The molecule has 10 heteroatoms. The van der Waals surface area contributed by atoms with Gasteiger partial charge < -0.3 is 35.4 Å². The van der Waals surface area contributed by atoms with Crippen LogP contribution in [0.15, 0.2) is 36.4 Å². The number of amides is 1. The Morgan fingerprint density at radius 1 is 1.02 bits per heavy atom. The highest BCUT2D eigenvalue weighted by Gasteiger charge is 2.47. The molecule has 42 heavy (non-hydrogen) atoms. The first-order chi connectivity index (χ1) is 20.4. The zero-order valence-electron chi connectivity index (χ0n) is 24.5. The summed E-state index contributed by atoms with van der Waals surface area (Å²) in [5.41, 5.74) is 8.97. The number of aliphatic hydroxyl groups excluding tert-OH is 2. The van der Waals surface area contributed by atoms with Crippen molar-refractivity contribution in [1.82, 2.24) is 9.80 Å². The second-order valence-electron chi connectivity index (χ2n) is 11.2. The minimum atomic E-state index is -0.912. The maximum Gasteiger partial charge on any atom is 0.308 e. The largest absolute Gasteiger partial charge is 0.481 e. The maximum absolute atomic E-state index is 13.6. The Morgan fingerprint density at radius 3 is 2.45 bits per heavy atom. The lowest BCUT2D eigenvalue weighted by atomic mass is 9.82. The third kappa shape index (κ3) is 7.42. The summed E-state index contributed by atoms with van der Waals surface area (Å²) in [6.45, 7) is 4.09. The number of likely N-dealkylation sites (tertiary alicyclic amines) is 1. The number of aliphatic carboxylic acids is 1. The van der Waals surface area contributed by atoms with Crippen LogP contribution < -0.4 is 15.2 Å². The molecule has 2 aromatic carbocycles. The van der Waals surface area contributed by atoms with E-state index in [9.17, 15) is 24.9 Å². The summed E-state index contributed by atoms with van der Waals surface area (Å²) in [4.78, 5) is 30.4. The number of carboxylic acids is 1. The zero-order valence-corrected chi connectivity index (χ0v) is 24.5. The van der Waals surface area contributed by atoms with Gasteiger partial charge in [-0.2, -0.15) is 0 Å². The number of benzene rings is 2. The monoisotopic (exact) mass is 583 g/mol. The Balaban J connectivity index is 1.61. The number of aryl methyl sites for hydroxylation is 1. The van der Waals surface area contributed by atoms with Crippen LogP contribution in [0.2, 0.25) is 0 Å². The van der Waals surface area contributed by atoms with Gasteiger partial charge in [-0.3, -0.25) is 14.5 Å². The quantitative estimate of drug-likeness (QED) is 0.234. The summed E-state index contributed by atoms with van der Waals surface area (Å²) in [5, 5.41) is 30.3. The van der Waals surface area contributed by atoms with E-state index in [0.717, 1.165) is 29.5 Å². The number of rotatable bonds is 16. The van der Waals surface area contributed by atoms with Gasteiger partial charge in [-0.15, -0.1) is 0 Å². The second kappa shape index (κ2) is 15.3. The number of nitrogens with zero attached hydrogens (tertiary/aromatic N) is 2. The smallest absolute Gasteiger partial charge is 0.308 e. The first-order valence-electron chi connectivity index (χ1n) is 15.1. The lowest BCUT2D eigenvalue weighted by Gasteiger charge is -2.30. The van der Waals surface area contributed by atoms with Gasteiger partial charge >= 0.3 is 5.97 Å². The Hall–Kier alpha value is -3.18. The van der Waals surface area contributed by atoms with E-state index in [1.165, 1.54) is 0 Å². The standard InChI is InChI=1S/C32H45N3O7/c1-2-3-13-34(14-7-12-33)29(38)18-35-17-26(24-15-25(20-37)31-28(16-24)41-21-42-31)30(32(39)40)27(35)11-6-10-22-8-4-5-9-23(22)19-36/h4-5,8-9,15-16,26-27,30,36-37H,2-3,6-7,10-14,17-21,33H2,1H3,(H,39,40)/t26-,27+,30-/m1/s1. The summed E-state index contributed by atoms with van der Waals surface area (Å²) in [6, 6.07) is 11.0. The van der Waals surface area contributed by atoms with E-state index < -0.39 is 17.8 Å². The van der Waals surface area contributed by atoms with Crippen molar-refractivity contribution in [1.29, 1.82) is 0 Å². The SMILES string of the molecule is CCCCN(CCCN)C(=O)CN1C[C@H](c2cc(CO)c3c(c2)OCO3)[C@@H](C(=O)O)[C@@H]1CCCc1ccccc1CO. The minimum Gasteiger partial charge on any atom is -0.481 e. The van der Waals surface area contributed by atoms with Crippen LogP contribution >= 0.6 is 0 Å². The van der Waals surface area contributed by atoms with Crippen LogP contribution in [0.25, 0.3) is 0 Å². The summed E-state index contributed by atoms with van der Waals surface area (Å²) >= 11 is 0. The molecule has 0 unspecified atom stereocenters. The molecule has 1 saturated heterocycles. The van der Waals surface area contributed by atoms with E-state index in [2.05, 4.69) is 6.92 Å². The molecule has 10 nitrogen and oxygen atoms in total. The first kappa shape index (κ1) is 31.7. The molecule has 0 saturated carbocycles. The van der Waals surface area contributed by atoms with Crippen LogP contribution in [0, 0.1) is 5.92 Å². The van der Waals surface area contributed by atoms with E-state index in [1.807, 2.05) is 46.2 Å². The molecule has 4 rings (SSSR count). The fourth-order valence-corrected chi connectivity index (χ4v) is 6.35. The number of carbonyl (C=O) groups is 2. The van der Waals surface area contributed by atoms with Crippen molar-refractivity contribution in [3.05, 3.63) is 58.7 Å². The van der Waals surface area contributed by atoms with Crippen molar-refractivity contribution in [2.24, 2.45) is 11.7 Å². The normalized spacial score (nSPS) is 19.8. The van der Waals surface area contributed by atoms with Gasteiger partial charge in [0.25, 0.3) is 0 Å². The van der Waals surface area contributed by atoms with Gasteiger partial charge in [0, 0.05) is 37.2 Å². The third-order valence-electron chi connectivity index (χ3n) is 8.54. The fourth-order valence-electron chi connectivity index (χ4n) is 6.35. The van der Waals surface area contributed by atoms with Gasteiger partial charge in [-0.25, -0.2) is 0 Å². The Kier molecular flexibility index (Phi) is 11.6. The van der Waals surface area contributed by atoms with Gasteiger partial charge in [0.1, 0.15) is 0 Å². The van der Waals surface area contributed by atoms with Gasteiger partial charge in [-0.05, 0) is 67.5 Å². The van der Waals surface area contributed by atoms with Gasteiger partial charge in [0.15, 0.2) is 11.5 Å². The molecule has 0 bridgehead atoms. The fraction of sp³-hybridized carbons (Fsp3) is 0.562. The number of nitrogens with two attached hydrogens (primary N) is 1. The van der Waals surface area contributed by atoms with Gasteiger partial charge in [0.2, 0.25) is 12.7 Å². The highest BCUT2D eigenvalue weighted by molar-refractivity contribution is 5.79. The van der Waals surface area contributed by atoms with Crippen molar-refractivity contribution in [3.63, 3.8) is 0 Å². The summed E-state index contributed by atoms with van der Waals surface area (Å²) in [5.74, 6) is -1.10.